The first-order chi connectivity index (χ1) is 24.7. The van der Waals surface area contributed by atoms with E-state index in [1.54, 1.807) is 4.90 Å². The van der Waals surface area contributed by atoms with Crippen LogP contribution in [0.15, 0.2) is 30.9 Å². The van der Waals surface area contributed by atoms with E-state index in [9.17, 15) is 32.4 Å². The number of ether oxygens (including phenoxy) is 1. The Morgan fingerprint density at radius 1 is 1.12 bits per heavy atom. The maximum atomic E-state index is 14.4. The average molecular weight is 741 g/mol. The van der Waals surface area contributed by atoms with Crippen molar-refractivity contribution < 1.29 is 37.1 Å². The largest absolute Gasteiger partial charge is 0.444 e. The maximum absolute atomic E-state index is 14.4. The van der Waals surface area contributed by atoms with Crippen LogP contribution in [0.2, 0.25) is 0 Å². The van der Waals surface area contributed by atoms with Gasteiger partial charge in [0.2, 0.25) is 21.8 Å². The monoisotopic (exact) mass is 740 g/mol. The number of hydrogen-bond acceptors (Lipinski definition) is 8. The molecule has 2 aliphatic carbocycles. The maximum Gasteiger partial charge on any atom is 0.410 e. The summed E-state index contributed by atoms with van der Waals surface area (Å²) in [5, 5.41) is 8.01. The number of rotatable bonds is 9. The highest BCUT2D eigenvalue weighted by Gasteiger charge is 2.62. The molecule has 1 aromatic carbocycles. The summed E-state index contributed by atoms with van der Waals surface area (Å²) in [4.78, 5) is 71.9. The van der Waals surface area contributed by atoms with Crippen LogP contribution in [0, 0.1) is 5.92 Å². The Bertz CT molecular complexity index is 1730. The summed E-state index contributed by atoms with van der Waals surface area (Å²) < 4.78 is 33.5. The molecule has 4 bridgehead atoms. The van der Waals surface area contributed by atoms with Crippen molar-refractivity contribution >= 4 is 39.9 Å². The van der Waals surface area contributed by atoms with Gasteiger partial charge in [-0.1, -0.05) is 50.5 Å². The lowest BCUT2D eigenvalue weighted by Crippen LogP contribution is -2.59. The number of nitrogens with one attached hydrogen (secondary N) is 4. The van der Waals surface area contributed by atoms with Crippen molar-refractivity contribution in [3.8, 4) is 0 Å². The fraction of sp³-hybridized carbons (Fsp3) is 0.649. The highest BCUT2D eigenvalue weighted by molar-refractivity contribution is 7.91. The number of benzene rings is 1. The van der Waals surface area contributed by atoms with Crippen LogP contribution in [-0.4, -0.2) is 89.1 Å². The molecule has 0 radical (unpaired) electrons. The number of aryl methyl sites for hydroxylation is 1. The van der Waals surface area contributed by atoms with Gasteiger partial charge in [0.05, 0.1) is 11.8 Å². The molecule has 284 valence electrons. The molecule has 14 nitrogen and oxygen atoms in total. The molecule has 0 spiro atoms. The lowest BCUT2D eigenvalue weighted by Gasteiger charge is -2.31. The molecule has 6 amide bonds. The highest BCUT2D eigenvalue weighted by atomic mass is 32.2. The number of urea groups is 1. The quantitative estimate of drug-likeness (QED) is 0.279. The normalized spacial score (nSPS) is 29.1. The molecule has 4 N–H and O–H groups in total. The van der Waals surface area contributed by atoms with E-state index in [4.69, 9.17) is 4.74 Å². The number of carbonyl (C=O) groups excluding carboxylic acids is 5. The van der Waals surface area contributed by atoms with E-state index in [-0.39, 0.29) is 19.4 Å². The molecule has 6 rings (SSSR count). The SMILES string of the molecule is C=C[C@@H]1C[C@@]1(NC(=O)[C@@H]1C[C@@H]2CN1C(=O)[C@H](CCCC)NC(=O)NC(C)(C)CCCCc1cccc3c1CN(C3)C(=O)O2)C(=O)NS(=O)(=O)C1CC1. The Kier molecular flexibility index (Phi) is 10.6. The smallest absolute Gasteiger partial charge is 0.410 e. The Labute approximate surface area is 305 Å². The van der Waals surface area contributed by atoms with Gasteiger partial charge in [-0.05, 0) is 75.5 Å². The van der Waals surface area contributed by atoms with E-state index >= 15 is 0 Å². The van der Waals surface area contributed by atoms with Crippen LogP contribution >= 0.6 is 0 Å². The van der Waals surface area contributed by atoms with Crippen molar-refractivity contribution in [3.63, 3.8) is 0 Å². The molecule has 52 heavy (non-hydrogen) atoms. The van der Waals surface area contributed by atoms with Crippen molar-refractivity contribution in [3.05, 3.63) is 47.5 Å². The van der Waals surface area contributed by atoms with Gasteiger partial charge in [-0.2, -0.15) is 0 Å². The topological polar surface area (TPSA) is 183 Å². The zero-order valence-corrected chi connectivity index (χ0v) is 31.2. The minimum atomic E-state index is -3.90. The Balaban J connectivity index is 1.27. The van der Waals surface area contributed by atoms with Crippen molar-refractivity contribution in [2.75, 3.05) is 6.54 Å². The minimum absolute atomic E-state index is 0.0497. The summed E-state index contributed by atoms with van der Waals surface area (Å²) in [6.45, 7) is 10.3. The van der Waals surface area contributed by atoms with E-state index in [0.29, 0.717) is 45.2 Å². The standard InChI is InChI=1S/C37H52N6O8S/c1-5-7-14-29-32(45)43-21-26(18-30(43)31(44)39-37(19-25(37)6-2)33(46)41-52(49,50)27-15-16-27)51-35(48)42-20-24-13-10-12-23(28(24)22-42)11-8-9-17-36(3,4)40-34(47)38-29/h6,10,12-13,25-27,29-30H,2,5,7-9,11,14-22H2,1,3-4H3,(H,39,44)(H,41,46)(H2,38,40,47)/t25-,26-,29+,30+,37+/m1/s1. The lowest BCUT2D eigenvalue weighted by atomic mass is 9.94. The molecule has 3 heterocycles. The third-order valence-corrected chi connectivity index (χ3v) is 12.9. The Morgan fingerprint density at radius 2 is 1.87 bits per heavy atom. The molecule has 3 aliphatic heterocycles. The van der Waals surface area contributed by atoms with Crippen LogP contribution in [0.1, 0.15) is 102 Å². The molecular weight excluding hydrogens is 689 g/mol. The van der Waals surface area contributed by atoms with Crippen LogP contribution < -0.4 is 20.7 Å². The summed E-state index contributed by atoms with van der Waals surface area (Å²) in [7, 11) is -3.90. The number of unbranched alkanes of at least 4 members (excludes halogenated alkanes) is 1. The number of carbonyl (C=O) groups is 5. The third kappa shape index (κ3) is 8.08. The molecule has 0 unspecified atom stereocenters. The molecule has 0 aromatic heterocycles. The van der Waals surface area contributed by atoms with Crippen LogP contribution in [0.5, 0.6) is 0 Å². The average Bonchev–Trinajstić information content (AvgIpc) is 3.98. The summed E-state index contributed by atoms with van der Waals surface area (Å²) in [5.41, 5.74) is 1.20. The van der Waals surface area contributed by atoms with Crippen molar-refractivity contribution in [2.24, 2.45) is 5.92 Å². The van der Waals surface area contributed by atoms with Crippen LogP contribution in [-0.2, 0) is 48.7 Å². The van der Waals surface area contributed by atoms with Gasteiger partial charge in [-0.25, -0.2) is 18.0 Å². The minimum Gasteiger partial charge on any atom is -0.444 e. The summed E-state index contributed by atoms with van der Waals surface area (Å²) in [6.07, 6.45) is 6.08. The Hall–Kier alpha value is -4.14. The van der Waals surface area contributed by atoms with Crippen LogP contribution in [0.4, 0.5) is 9.59 Å². The van der Waals surface area contributed by atoms with Gasteiger partial charge in [0.15, 0.2) is 0 Å². The number of sulfonamides is 1. The second kappa shape index (κ2) is 14.7. The molecule has 3 fully saturated rings. The fourth-order valence-electron chi connectivity index (χ4n) is 7.78. The van der Waals surface area contributed by atoms with Gasteiger partial charge in [0.1, 0.15) is 23.7 Å². The first kappa shape index (κ1) is 37.6. The molecule has 1 aromatic rings. The van der Waals surface area contributed by atoms with Crippen molar-refractivity contribution in [2.45, 2.75) is 139 Å². The van der Waals surface area contributed by atoms with Gasteiger partial charge < -0.3 is 25.6 Å². The van der Waals surface area contributed by atoms with E-state index in [2.05, 4.69) is 33.3 Å². The Morgan fingerprint density at radius 3 is 2.56 bits per heavy atom. The molecule has 2 saturated carbocycles. The molecule has 5 aliphatic rings. The van der Waals surface area contributed by atoms with Crippen LogP contribution in [0.3, 0.4) is 0 Å². The highest BCUT2D eigenvalue weighted by Crippen LogP contribution is 2.45. The first-order valence-corrected chi connectivity index (χ1v) is 20.2. The molecule has 5 atom stereocenters. The molecular formula is C37H52N6O8S. The summed E-state index contributed by atoms with van der Waals surface area (Å²) in [5.74, 6) is -2.57. The fourth-order valence-corrected chi connectivity index (χ4v) is 9.14. The van der Waals surface area contributed by atoms with E-state index in [0.717, 1.165) is 36.8 Å². The lowest BCUT2D eigenvalue weighted by molar-refractivity contribution is -0.141. The number of nitrogens with zero attached hydrogens (tertiary/aromatic N) is 2. The molecule has 1 saturated heterocycles. The predicted molar refractivity (Wildman–Crippen MR) is 192 cm³/mol. The molecule has 15 heteroatoms. The second-order valence-electron chi connectivity index (χ2n) is 15.7. The predicted octanol–water partition coefficient (Wildman–Crippen LogP) is 3.14. The van der Waals surface area contributed by atoms with Gasteiger partial charge in [-0.3, -0.25) is 24.0 Å². The van der Waals surface area contributed by atoms with E-state index in [1.807, 2.05) is 32.9 Å². The van der Waals surface area contributed by atoms with Gasteiger partial charge in [-0.15, -0.1) is 6.58 Å². The zero-order valence-electron chi connectivity index (χ0n) is 30.4. The van der Waals surface area contributed by atoms with E-state index < -0.39 is 80.3 Å². The van der Waals surface area contributed by atoms with Crippen molar-refractivity contribution in [1.82, 2.24) is 30.5 Å². The van der Waals surface area contributed by atoms with Gasteiger partial charge in [0.25, 0.3) is 5.91 Å². The van der Waals surface area contributed by atoms with Gasteiger partial charge in [0, 0.05) is 31.0 Å². The van der Waals surface area contributed by atoms with E-state index in [1.165, 1.54) is 16.5 Å². The second-order valence-corrected chi connectivity index (χ2v) is 17.7. The number of hydrogen-bond donors (Lipinski definition) is 4. The zero-order chi connectivity index (χ0) is 37.4. The van der Waals surface area contributed by atoms with Crippen LogP contribution in [0.25, 0.3) is 0 Å². The third-order valence-electron chi connectivity index (χ3n) is 11.1. The number of amides is 6. The first-order valence-electron chi connectivity index (χ1n) is 18.6. The summed E-state index contributed by atoms with van der Waals surface area (Å²) in [6, 6.07) is 3.44. The number of fused-ring (bicyclic) bond motifs is 3. The van der Waals surface area contributed by atoms with Crippen molar-refractivity contribution in [1.29, 1.82) is 0 Å². The van der Waals surface area contributed by atoms with Gasteiger partial charge >= 0.3 is 12.1 Å². The summed E-state index contributed by atoms with van der Waals surface area (Å²) >= 11 is 0.